The van der Waals surface area contributed by atoms with Gasteiger partial charge in [-0.3, -0.25) is 4.79 Å². The number of hydrogen-bond donors (Lipinski definition) is 5. The highest BCUT2D eigenvalue weighted by Gasteiger charge is 2.63. The molecule has 7 heteroatoms. The topological polar surface area (TPSA) is 119 Å². The molecule has 1 saturated heterocycles. The van der Waals surface area contributed by atoms with Crippen LogP contribution in [0.25, 0.3) is 0 Å². The van der Waals surface area contributed by atoms with Crippen molar-refractivity contribution in [2.45, 2.75) is 111 Å². The Balaban J connectivity index is 1.58. The number of hydroxylamine groups is 1. The van der Waals surface area contributed by atoms with E-state index in [1.807, 2.05) is 6.92 Å². The summed E-state index contributed by atoms with van der Waals surface area (Å²) in [6.45, 7) is 12.7. The molecule has 0 aromatic carbocycles. The van der Waals surface area contributed by atoms with E-state index in [9.17, 15) is 25.2 Å². The summed E-state index contributed by atoms with van der Waals surface area (Å²) in [6, 6.07) is -0.0194. The lowest BCUT2D eigenvalue weighted by Gasteiger charge is -2.55. The lowest BCUT2D eigenvalue weighted by molar-refractivity contribution is -0.166. The molecule has 1 heterocycles. The Morgan fingerprint density at radius 3 is 2.24 bits per heavy atom. The Kier molecular flexibility index (Phi) is 7.20. The second kappa shape index (κ2) is 9.29. The summed E-state index contributed by atoms with van der Waals surface area (Å²) in [5, 5.41) is 42.8. The fourth-order valence-corrected chi connectivity index (χ4v) is 8.57. The van der Waals surface area contributed by atoms with Gasteiger partial charge in [-0.1, -0.05) is 41.5 Å². The molecular formula is C27H47NO6. The monoisotopic (exact) mass is 481 g/mol. The summed E-state index contributed by atoms with van der Waals surface area (Å²) in [6.07, 6.45) is 1.24. The van der Waals surface area contributed by atoms with Crippen molar-refractivity contribution in [1.29, 1.82) is 0 Å². The van der Waals surface area contributed by atoms with Crippen molar-refractivity contribution in [2.24, 2.45) is 52.3 Å². The van der Waals surface area contributed by atoms with Crippen LogP contribution in [0, 0.1) is 52.3 Å². The van der Waals surface area contributed by atoms with Crippen molar-refractivity contribution in [2.75, 3.05) is 0 Å². The van der Waals surface area contributed by atoms with Crippen LogP contribution in [0.5, 0.6) is 0 Å². The van der Waals surface area contributed by atoms with Gasteiger partial charge in [-0.2, -0.15) is 0 Å². The largest absolute Gasteiger partial charge is 0.390 e. The molecule has 4 fully saturated rings. The highest BCUT2D eigenvalue weighted by Crippen LogP contribution is 2.64. The highest BCUT2D eigenvalue weighted by molar-refractivity contribution is 5.74. The maximum atomic E-state index is 12.9. The van der Waals surface area contributed by atoms with Crippen molar-refractivity contribution in [3.8, 4) is 0 Å². The van der Waals surface area contributed by atoms with Gasteiger partial charge >= 0.3 is 5.97 Å². The van der Waals surface area contributed by atoms with Gasteiger partial charge in [-0.15, -0.1) is 5.48 Å². The van der Waals surface area contributed by atoms with E-state index in [4.69, 9.17) is 4.84 Å². The Bertz CT molecular complexity index is 761. The lowest BCUT2D eigenvalue weighted by atomic mass is 9.50. The SMILES string of the molecule is CC(C)[C@H](C)[C@@H](O)[C@H](O)[C@@H](C)[C@H]1CC[C@H]2[C@@H]3NOC(=O)[C@H]4C[C@H](O)[C@H](O)C[C@]4(C)[C@H]3CC[C@]12C. The van der Waals surface area contributed by atoms with Crippen LogP contribution in [0.4, 0.5) is 0 Å². The summed E-state index contributed by atoms with van der Waals surface area (Å²) in [5.41, 5.74) is 2.69. The summed E-state index contributed by atoms with van der Waals surface area (Å²) < 4.78 is 0. The zero-order valence-electron chi connectivity index (χ0n) is 21.8. The molecule has 7 nitrogen and oxygen atoms in total. The summed E-state index contributed by atoms with van der Waals surface area (Å²) >= 11 is 0. The summed E-state index contributed by atoms with van der Waals surface area (Å²) in [4.78, 5) is 18.6. The Labute approximate surface area is 204 Å². The summed E-state index contributed by atoms with van der Waals surface area (Å²) in [7, 11) is 0. The predicted molar refractivity (Wildman–Crippen MR) is 128 cm³/mol. The van der Waals surface area contributed by atoms with Crippen LogP contribution < -0.4 is 5.48 Å². The molecule has 0 unspecified atom stereocenters. The van der Waals surface area contributed by atoms with Crippen LogP contribution in [0.1, 0.15) is 80.1 Å². The Morgan fingerprint density at radius 1 is 0.941 bits per heavy atom. The third kappa shape index (κ3) is 4.03. The molecule has 0 bridgehead atoms. The zero-order chi connectivity index (χ0) is 25.2. The maximum absolute atomic E-state index is 12.9. The van der Waals surface area contributed by atoms with Gasteiger partial charge in [0.15, 0.2) is 0 Å². The van der Waals surface area contributed by atoms with Gasteiger partial charge in [0.05, 0.1) is 30.3 Å². The van der Waals surface area contributed by atoms with E-state index in [-0.39, 0.29) is 53.4 Å². The fourth-order valence-electron chi connectivity index (χ4n) is 8.57. The molecule has 0 amide bonds. The smallest absolute Gasteiger partial charge is 0.328 e. The predicted octanol–water partition coefficient (Wildman–Crippen LogP) is 2.65. The quantitative estimate of drug-likeness (QED) is 0.410. The maximum Gasteiger partial charge on any atom is 0.328 e. The zero-order valence-corrected chi connectivity index (χ0v) is 21.8. The molecule has 0 aromatic heterocycles. The van der Waals surface area contributed by atoms with Crippen molar-refractivity contribution in [3.05, 3.63) is 0 Å². The molecule has 13 atom stereocenters. The number of carbonyl (C=O) groups excluding carboxylic acids is 1. The molecular weight excluding hydrogens is 434 g/mol. The number of hydrogen-bond acceptors (Lipinski definition) is 7. The van der Waals surface area contributed by atoms with E-state index in [2.05, 4.69) is 40.1 Å². The summed E-state index contributed by atoms with van der Waals surface area (Å²) in [5.74, 6) is 0.231. The molecule has 4 aliphatic rings. The fraction of sp³-hybridized carbons (Fsp3) is 0.963. The van der Waals surface area contributed by atoms with Crippen molar-refractivity contribution >= 4 is 5.97 Å². The van der Waals surface area contributed by atoms with Gasteiger partial charge in [0.1, 0.15) is 0 Å². The van der Waals surface area contributed by atoms with Crippen molar-refractivity contribution in [1.82, 2.24) is 5.48 Å². The van der Waals surface area contributed by atoms with Crippen LogP contribution in [0.2, 0.25) is 0 Å². The molecule has 0 aromatic rings. The average Bonchev–Trinajstić information content (AvgIpc) is 3.09. The molecule has 5 N–H and O–H groups in total. The van der Waals surface area contributed by atoms with E-state index < -0.39 is 35.7 Å². The van der Waals surface area contributed by atoms with E-state index in [0.29, 0.717) is 12.3 Å². The third-order valence-corrected chi connectivity index (χ3v) is 11.3. The van der Waals surface area contributed by atoms with Crippen molar-refractivity contribution in [3.63, 3.8) is 0 Å². The van der Waals surface area contributed by atoms with Crippen molar-refractivity contribution < 1.29 is 30.1 Å². The number of carbonyl (C=O) groups is 1. The Morgan fingerprint density at radius 2 is 1.59 bits per heavy atom. The van der Waals surface area contributed by atoms with Gasteiger partial charge in [0.25, 0.3) is 0 Å². The second-order valence-electron chi connectivity index (χ2n) is 13.1. The van der Waals surface area contributed by atoms with Crippen LogP contribution >= 0.6 is 0 Å². The van der Waals surface area contributed by atoms with E-state index in [1.165, 1.54) is 0 Å². The Hall–Kier alpha value is -0.730. The molecule has 0 spiro atoms. The third-order valence-electron chi connectivity index (χ3n) is 11.3. The van der Waals surface area contributed by atoms with Crippen LogP contribution in [-0.2, 0) is 9.63 Å². The first-order valence-corrected chi connectivity index (χ1v) is 13.5. The number of aliphatic hydroxyl groups is 4. The number of nitrogens with one attached hydrogen (secondary N) is 1. The number of aliphatic hydroxyl groups excluding tert-OH is 4. The van der Waals surface area contributed by atoms with E-state index >= 15 is 0 Å². The highest BCUT2D eigenvalue weighted by atomic mass is 16.7. The first kappa shape index (κ1) is 26.3. The molecule has 196 valence electrons. The minimum atomic E-state index is -0.895. The molecule has 1 aliphatic heterocycles. The molecule has 34 heavy (non-hydrogen) atoms. The second-order valence-corrected chi connectivity index (χ2v) is 13.1. The number of fused-ring (bicyclic) bond motifs is 5. The van der Waals surface area contributed by atoms with Crippen LogP contribution in [0.3, 0.4) is 0 Å². The van der Waals surface area contributed by atoms with E-state index in [1.54, 1.807) is 0 Å². The minimum Gasteiger partial charge on any atom is -0.390 e. The van der Waals surface area contributed by atoms with Crippen LogP contribution in [0.15, 0.2) is 0 Å². The normalized spacial score (nSPS) is 48.1. The first-order valence-electron chi connectivity index (χ1n) is 13.5. The standard InChI is InChI=1S/C27H47NO6/c1-13(2)14(3)23(31)24(32)15(4)16-7-8-17-22-18(9-10-26(16,17)5)27(6)12-21(30)20(29)11-19(27)25(33)34-28-22/h13-24,28-32H,7-12H2,1-6H3/t14-,15-,16+,17-,18-,19+,20-,21+,22-,23+,24+,26+,27+/m0/s1. The van der Waals surface area contributed by atoms with Gasteiger partial charge < -0.3 is 25.3 Å². The molecule has 3 saturated carbocycles. The van der Waals surface area contributed by atoms with Crippen LogP contribution in [-0.4, -0.2) is 56.9 Å². The minimum absolute atomic E-state index is 0.0194. The average molecular weight is 482 g/mol. The molecule has 0 radical (unpaired) electrons. The van der Waals surface area contributed by atoms with Gasteiger partial charge in [-0.25, -0.2) is 0 Å². The number of rotatable bonds is 5. The molecule has 3 aliphatic carbocycles. The van der Waals surface area contributed by atoms with E-state index in [0.717, 1.165) is 25.7 Å². The lowest BCUT2D eigenvalue weighted by Crippen LogP contribution is -2.58. The molecule has 4 rings (SSSR count). The first-order chi connectivity index (χ1) is 15.8. The van der Waals surface area contributed by atoms with Gasteiger partial charge in [-0.05, 0) is 84.9 Å². The van der Waals surface area contributed by atoms with Gasteiger partial charge in [0, 0.05) is 6.04 Å². The van der Waals surface area contributed by atoms with Gasteiger partial charge in [0.2, 0.25) is 0 Å².